The van der Waals surface area contributed by atoms with E-state index in [2.05, 4.69) is 16.8 Å². The molecule has 17 heavy (non-hydrogen) atoms. The number of hydrogen-bond acceptors (Lipinski definition) is 3. The van der Waals surface area contributed by atoms with Gasteiger partial charge in [0.1, 0.15) is 5.75 Å². The van der Waals surface area contributed by atoms with Crippen LogP contribution >= 0.6 is 22.9 Å². The zero-order valence-corrected chi connectivity index (χ0v) is 10.9. The Morgan fingerprint density at radius 1 is 1.47 bits per heavy atom. The Morgan fingerprint density at radius 2 is 2.35 bits per heavy atom. The maximum Gasteiger partial charge on any atom is 0.150 e. The molecule has 1 aliphatic rings. The van der Waals surface area contributed by atoms with Crippen molar-refractivity contribution < 1.29 is 4.74 Å². The topological polar surface area (TPSA) is 21.3 Å². The molecule has 3 rings (SSSR count). The first kappa shape index (κ1) is 10.9. The van der Waals surface area contributed by atoms with Crippen molar-refractivity contribution in [2.75, 3.05) is 11.9 Å². The fourth-order valence-electron chi connectivity index (χ4n) is 2.04. The van der Waals surface area contributed by atoms with Crippen LogP contribution in [0.25, 0.3) is 0 Å². The summed E-state index contributed by atoms with van der Waals surface area (Å²) in [7, 11) is 0. The molecule has 1 aliphatic heterocycles. The fraction of sp³-hybridized carbons (Fsp3) is 0.231. The van der Waals surface area contributed by atoms with Crippen molar-refractivity contribution in [3.05, 3.63) is 45.1 Å². The molecule has 88 valence electrons. The summed E-state index contributed by atoms with van der Waals surface area (Å²) < 4.78 is 6.05. The molecule has 4 heteroatoms. The number of hydrogen-bond donors (Lipinski definition) is 1. The van der Waals surface area contributed by atoms with E-state index in [0.717, 1.165) is 28.6 Å². The third-order valence-corrected chi connectivity index (χ3v) is 4.02. The van der Waals surface area contributed by atoms with E-state index in [-0.39, 0.29) is 6.10 Å². The molecule has 1 aromatic heterocycles. The second-order valence-corrected chi connectivity index (χ2v) is 5.52. The maximum absolute atomic E-state index is 6.05. The summed E-state index contributed by atoms with van der Waals surface area (Å²) in [6.07, 6.45) is 0.0994. The average molecular weight is 266 g/mol. The second kappa shape index (κ2) is 4.24. The lowest BCUT2D eigenvalue weighted by molar-refractivity contribution is 0.213. The van der Waals surface area contributed by atoms with E-state index in [1.807, 2.05) is 25.1 Å². The van der Waals surface area contributed by atoms with E-state index in [0.29, 0.717) is 0 Å². The van der Waals surface area contributed by atoms with Gasteiger partial charge in [0.2, 0.25) is 0 Å². The molecule has 0 radical (unpaired) electrons. The maximum atomic E-state index is 6.05. The van der Waals surface area contributed by atoms with E-state index < -0.39 is 0 Å². The highest BCUT2D eigenvalue weighted by molar-refractivity contribution is 7.10. The third kappa shape index (κ3) is 2.01. The highest BCUT2D eigenvalue weighted by atomic mass is 35.5. The molecule has 0 saturated heterocycles. The minimum Gasteiger partial charge on any atom is -0.481 e. The third-order valence-electron chi connectivity index (χ3n) is 2.84. The summed E-state index contributed by atoms with van der Waals surface area (Å²) in [5, 5.41) is 6.19. The molecular weight excluding hydrogens is 254 g/mol. The molecule has 0 aliphatic carbocycles. The predicted molar refractivity (Wildman–Crippen MR) is 72.4 cm³/mol. The Bertz CT molecular complexity index is 539. The van der Waals surface area contributed by atoms with Gasteiger partial charge in [-0.3, -0.25) is 0 Å². The Balaban J connectivity index is 1.95. The van der Waals surface area contributed by atoms with Gasteiger partial charge in [-0.15, -0.1) is 11.3 Å². The van der Waals surface area contributed by atoms with Gasteiger partial charge in [0.05, 0.1) is 12.2 Å². The number of nitrogens with one attached hydrogen (secondary N) is 1. The molecule has 0 fully saturated rings. The van der Waals surface area contributed by atoms with Crippen LogP contribution < -0.4 is 10.1 Å². The van der Waals surface area contributed by atoms with E-state index in [4.69, 9.17) is 16.3 Å². The Labute approximate surface area is 109 Å². The van der Waals surface area contributed by atoms with Crippen LogP contribution in [-0.4, -0.2) is 6.54 Å². The first-order valence-electron chi connectivity index (χ1n) is 5.48. The largest absolute Gasteiger partial charge is 0.481 e. The monoisotopic (exact) mass is 265 g/mol. The summed E-state index contributed by atoms with van der Waals surface area (Å²) in [5.74, 6) is 0.916. The Kier molecular flexibility index (Phi) is 2.73. The van der Waals surface area contributed by atoms with Crippen LogP contribution in [0.3, 0.4) is 0 Å². The van der Waals surface area contributed by atoms with Crippen LogP contribution in [0.2, 0.25) is 5.02 Å². The molecular formula is C13H12ClNOS. The number of halogens is 1. The summed E-state index contributed by atoms with van der Waals surface area (Å²) in [4.78, 5) is 1.25. The minimum atomic E-state index is 0.0994. The summed E-state index contributed by atoms with van der Waals surface area (Å²) >= 11 is 7.75. The molecule has 1 N–H and O–H groups in total. The molecule has 0 bridgehead atoms. The lowest BCUT2D eigenvalue weighted by Crippen LogP contribution is -2.23. The van der Waals surface area contributed by atoms with Gasteiger partial charge in [-0.05, 0) is 36.1 Å². The van der Waals surface area contributed by atoms with Crippen LogP contribution in [0.4, 0.5) is 5.69 Å². The zero-order valence-electron chi connectivity index (χ0n) is 9.37. The van der Waals surface area contributed by atoms with Crippen molar-refractivity contribution in [2.24, 2.45) is 0 Å². The van der Waals surface area contributed by atoms with Crippen molar-refractivity contribution in [3.8, 4) is 5.75 Å². The van der Waals surface area contributed by atoms with Crippen molar-refractivity contribution in [1.29, 1.82) is 0 Å². The van der Waals surface area contributed by atoms with Gasteiger partial charge in [0.25, 0.3) is 0 Å². The lowest BCUT2D eigenvalue weighted by Gasteiger charge is -2.28. The lowest BCUT2D eigenvalue weighted by atomic mass is 10.1. The first-order chi connectivity index (χ1) is 8.24. The molecule has 1 aromatic carbocycles. The Hall–Kier alpha value is -1.19. The number of thiophene rings is 1. The molecule has 1 atom stereocenters. The van der Waals surface area contributed by atoms with Crippen molar-refractivity contribution >= 4 is 28.6 Å². The van der Waals surface area contributed by atoms with Gasteiger partial charge in [0, 0.05) is 9.90 Å². The molecule has 1 unspecified atom stereocenters. The van der Waals surface area contributed by atoms with Gasteiger partial charge < -0.3 is 10.1 Å². The second-order valence-electron chi connectivity index (χ2n) is 4.10. The van der Waals surface area contributed by atoms with E-state index in [1.165, 1.54) is 4.88 Å². The molecule has 2 aromatic rings. The van der Waals surface area contributed by atoms with Crippen molar-refractivity contribution in [1.82, 2.24) is 0 Å². The van der Waals surface area contributed by atoms with Crippen molar-refractivity contribution in [2.45, 2.75) is 13.0 Å². The number of fused-ring (bicyclic) bond motifs is 1. The van der Waals surface area contributed by atoms with E-state index >= 15 is 0 Å². The standard InChI is InChI=1S/C13H12ClNOS/c1-8-5-9(14)6-10-13(8)16-11(7-15-10)12-3-2-4-17-12/h2-6,11,15H,7H2,1H3. The normalized spacial score (nSPS) is 18.1. The van der Waals surface area contributed by atoms with Crippen LogP contribution in [-0.2, 0) is 0 Å². The van der Waals surface area contributed by atoms with Gasteiger partial charge >= 0.3 is 0 Å². The molecule has 0 spiro atoms. The van der Waals surface area contributed by atoms with Crippen molar-refractivity contribution in [3.63, 3.8) is 0 Å². The SMILES string of the molecule is Cc1cc(Cl)cc2c1OC(c1cccs1)CN2. The Morgan fingerprint density at radius 3 is 3.12 bits per heavy atom. The van der Waals surface area contributed by atoms with Crippen LogP contribution in [0.5, 0.6) is 5.75 Å². The summed E-state index contributed by atoms with van der Waals surface area (Å²) in [5.41, 5.74) is 2.06. The molecule has 0 saturated carbocycles. The predicted octanol–water partition coefficient (Wildman–Crippen LogP) is 4.26. The molecule has 2 heterocycles. The quantitative estimate of drug-likeness (QED) is 0.832. The number of anilines is 1. The fourth-order valence-corrected chi connectivity index (χ4v) is 3.06. The summed E-state index contributed by atoms with van der Waals surface area (Å²) in [6.45, 7) is 2.80. The van der Waals surface area contributed by atoms with Crippen LogP contribution in [0.15, 0.2) is 29.6 Å². The number of benzene rings is 1. The molecule has 0 amide bonds. The zero-order chi connectivity index (χ0) is 11.8. The smallest absolute Gasteiger partial charge is 0.150 e. The van der Waals surface area contributed by atoms with E-state index in [9.17, 15) is 0 Å². The van der Waals surface area contributed by atoms with Gasteiger partial charge in [-0.1, -0.05) is 17.7 Å². The van der Waals surface area contributed by atoms with E-state index in [1.54, 1.807) is 11.3 Å². The number of aryl methyl sites for hydroxylation is 1. The van der Waals surface area contributed by atoms with Gasteiger partial charge in [-0.2, -0.15) is 0 Å². The first-order valence-corrected chi connectivity index (χ1v) is 6.74. The summed E-state index contributed by atoms with van der Waals surface area (Å²) in [6, 6.07) is 7.99. The molecule has 2 nitrogen and oxygen atoms in total. The van der Waals surface area contributed by atoms with Gasteiger partial charge in [0.15, 0.2) is 6.10 Å². The highest BCUT2D eigenvalue weighted by Gasteiger charge is 2.23. The van der Waals surface area contributed by atoms with Crippen LogP contribution in [0.1, 0.15) is 16.5 Å². The number of ether oxygens (including phenoxy) is 1. The average Bonchev–Trinajstić information content (AvgIpc) is 2.82. The number of rotatable bonds is 1. The van der Waals surface area contributed by atoms with Crippen LogP contribution in [0, 0.1) is 6.92 Å². The highest BCUT2D eigenvalue weighted by Crippen LogP contribution is 2.39. The van der Waals surface area contributed by atoms with Gasteiger partial charge in [-0.25, -0.2) is 0 Å². The minimum absolute atomic E-state index is 0.0994.